The van der Waals surface area contributed by atoms with Gasteiger partial charge in [-0.3, -0.25) is 9.59 Å². The summed E-state index contributed by atoms with van der Waals surface area (Å²) in [4.78, 5) is 27.8. The van der Waals surface area contributed by atoms with Gasteiger partial charge in [-0.25, -0.2) is 0 Å². The molecule has 1 aromatic heterocycles. The second kappa shape index (κ2) is 11.8. The first-order valence-corrected chi connectivity index (χ1v) is 12.4. The third-order valence-electron chi connectivity index (χ3n) is 6.37. The summed E-state index contributed by atoms with van der Waals surface area (Å²) in [7, 11) is 0. The number of pyridine rings is 1. The number of benzene rings is 2. The van der Waals surface area contributed by atoms with Crippen LogP contribution in [0.3, 0.4) is 0 Å². The van der Waals surface area contributed by atoms with E-state index in [2.05, 4.69) is 24.1 Å². The van der Waals surface area contributed by atoms with Crippen LogP contribution < -0.4 is 15.8 Å². The summed E-state index contributed by atoms with van der Waals surface area (Å²) in [6.45, 7) is 13.7. The van der Waals surface area contributed by atoms with Crippen molar-refractivity contribution in [3.05, 3.63) is 70.0 Å². The molecular weight excluding hydrogens is 426 g/mol. The number of anilines is 2. The highest BCUT2D eigenvalue weighted by Crippen LogP contribution is 2.29. The minimum Gasteiger partial charge on any atom is -0.378 e. The zero-order chi connectivity index (χ0) is 24.7. The summed E-state index contributed by atoms with van der Waals surface area (Å²) in [6.07, 6.45) is 1.07. The number of hydrogen-bond donors (Lipinski definition) is 1. The van der Waals surface area contributed by atoms with Crippen LogP contribution in [-0.4, -0.2) is 36.8 Å². The molecule has 182 valence electrons. The van der Waals surface area contributed by atoms with Crippen LogP contribution >= 0.6 is 0 Å². The van der Waals surface area contributed by atoms with Crippen LogP contribution in [0.4, 0.5) is 11.4 Å². The molecule has 1 atom stereocenters. The summed E-state index contributed by atoms with van der Waals surface area (Å²) in [5, 5.41) is 3.98. The summed E-state index contributed by atoms with van der Waals surface area (Å²) in [6, 6.07) is 15.3. The smallest absolute Gasteiger partial charge is 0.255 e. The molecule has 0 aliphatic carbocycles. The monoisotopic (exact) mass is 463 g/mol. The molecule has 2 heterocycles. The van der Waals surface area contributed by atoms with Gasteiger partial charge in [0, 0.05) is 42.3 Å². The number of rotatable bonds is 6. The Morgan fingerprint density at radius 1 is 1.03 bits per heavy atom. The van der Waals surface area contributed by atoms with Crippen molar-refractivity contribution >= 4 is 28.2 Å². The van der Waals surface area contributed by atoms with Crippen molar-refractivity contribution in [3.63, 3.8) is 0 Å². The topological polar surface area (TPSA) is 63.6 Å². The highest BCUT2D eigenvalue weighted by molar-refractivity contribution is 6.06. The van der Waals surface area contributed by atoms with Crippen molar-refractivity contribution in [2.75, 3.05) is 36.5 Å². The van der Waals surface area contributed by atoms with Gasteiger partial charge in [-0.2, -0.15) is 0 Å². The third-order valence-corrected chi connectivity index (χ3v) is 6.37. The number of nitrogens with one attached hydrogen (secondary N) is 1. The van der Waals surface area contributed by atoms with E-state index < -0.39 is 0 Å². The summed E-state index contributed by atoms with van der Waals surface area (Å²) in [5.74, 6) is 0.333. The summed E-state index contributed by atoms with van der Waals surface area (Å²) in [5.41, 5.74) is 4.33. The Hall–Kier alpha value is -3.12. The second-order valence-corrected chi connectivity index (χ2v) is 8.33. The number of hydrogen-bond acceptors (Lipinski definition) is 4. The Balaban J connectivity index is 0.00000158. The maximum atomic E-state index is 12.9. The molecule has 2 aromatic carbocycles. The molecule has 1 amide bonds. The van der Waals surface area contributed by atoms with Gasteiger partial charge in [0.15, 0.2) is 0 Å². The lowest BCUT2D eigenvalue weighted by molar-refractivity contribution is 0.102. The van der Waals surface area contributed by atoms with Gasteiger partial charge in [-0.1, -0.05) is 39.8 Å². The van der Waals surface area contributed by atoms with Crippen LogP contribution in [0.1, 0.15) is 62.9 Å². The first kappa shape index (κ1) is 25.5. The van der Waals surface area contributed by atoms with Gasteiger partial charge in [-0.05, 0) is 55.2 Å². The molecule has 0 radical (unpaired) electrons. The van der Waals surface area contributed by atoms with E-state index in [9.17, 15) is 9.59 Å². The van der Waals surface area contributed by atoms with E-state index in [0.717, 1.165) is 36.1 Å². The molecule has 3 aromatic rings. The molecule has 0 bridgehead atoms. The minimum absolute atomic E-state index is 0.0142. The van der Waals surface area contributed by atoms with Gasteiger partial charge in [0.1, 0.15) is 0 Å². The highest BCUT2D eigenvalue weighted by atomic mass is 16.5. The summed E-state index contributed by atoms with van der Waals surface area (Å²) >= 11 is 0. The first-order valence-electron chi connectivity index (χ1n) is 12.4. The first-order chi connectivity index (χ1) is 16.5. The van der Waals surface area contributed by atoms with Crippen molar-refractivity contribution < 1.29 is 9.53 Å². The zero-order valence-electron chi connectivity index (χ0n) is 21.1. The molecule has 0 saturated carbocycles. The van der Waals surface area contributed by atoms with E-state index >= 15 is 0 Å². The zero-order valence-corrected chi connectivity index (χ0v) is 21.1. The third kappa shape index (κ3) is 5.50. The number of carbonyl (C=O) groups is 1. The van der Waals surface area contributed by atoms with Crippen molar-refractivity contribution in [3.8, 4) is 0 Å². The molecular formula is C28H37N3O3. The fourth-order valence-electron chi connectivity index (χ4n) is 4.24. The van der Waals surface area contributed by atoms with Crippen LogP contribution in [0.15, 0.2) is 53.3 Å². The number of nitrogens with zero attached hydrogens (tertiary/aromatic N) is 2. The molecule has 1 saturated heterocycles. The fraction of sp³-hybridized carbons (Fsp3) is 0.429. The predicted octanol–water partition coefficient (Wildman–Crippen LogP) is 5.65. The summed E-state index contributed by atoms with van der Waals surface area (Å²) < 4.78 is 7.24. The molecule has 4 rings (SSSR count). The number of carbonyl (C=O) groups excluding carboxylic acids is 1. The Bertz CT molecular complexity index is 1160. The van der Waals surface area contributed by atoms with Crippen molar-refractivity contribution in [2.24, 2.45) is 0 Å². The van der Waals surface area contributed by atoms with Crippen molar-refractivity contribution in [2.45, 2.75) is 53.5 Å². The molecule has 0 spiro atoms. The van der Waals surface area contributed by atoms with Gasteiger partial charge in [-0.15, -0.1) is 0 Å². The lowest BCUT2D eigenvalue weighted by Crippen LogP contribution is -2.37. The van der Waals surface area contributed by atoms with Crippen LogP contribution in [0.2, 0.25) is 0 Å². The number of ether oxygens (including phenoxy) is 1. The largest absolute Gasteiger partial charge is 0.378 e. The van der Waals surface area contributed by atoms with E-state index in [1.54, 1.807) is 10.6 Å². The van der Waals surface area contributed by atoms with Crippen LogP contribution in [-0.2, 0) is 11.3 Å². The molecule has 6 heteroatoms. The minimum atomic E-state index is -0.142. The lowest BCUT2D eigenvalue weighted by Gasteiger charge is -2.30. The Morgan fingerprint density at radius 2 is 1.71 bits per heavy atom. The van der Waals surface area contributed by atoms with Crippen LogP contribution in [0, 0.1) is 0 Å². The van der Waals surface area contributed by atoms with Gasteiger partial charge >= 0.3 is 0 Å². The second-order valence-electron chi connectivity index (χ2n) is 8.33. The number of aromatic nitrogens is 1. The fourth-order valence-corrected chi connectivity index (χ4v) is 4.24. The SMILES string of the molecule is CC.CCC(C)c1ccc(C(=O)Nc2ccc3c(c2)c(N2CCOCC2)cc(=O)n3CC)cc1. The Kier molecular flexibility index (Phi) is 8.88. The standard InChI is InChI=1S/C26H31N3O3.C2H6/c1-4-18(3)19-6-8-20(9-7-19)26(31)27-21-10-11-23-22(16-21)24(17-25(30)29(23)5-2)28-12-14-32-15-13-28;1-2/h6-11,16-18H,4-5,12-15H2,1-3H3,(H,27,31);1-2H3. The molecule has 1 unspecified atom stereocenters. The van der Waals surface area contributed by atoms with Gasteiger partial charge in [0.25, 0.3) is 11.5 Å². The molecule has 1 aliphatic heterocycles. The quantitative estimate of drug-likeness (QED) is 0.513. The van der Waals surface area contributed by atoms with Crippen LogP contribution in [0.5, 0.6) is 0 Å². The van der Waals surface area contributed by atoms with Crippen LogP contribution in [0.25, 0.3) is 10.9 Å². The molecule has 6 nitrogen and oxygen atoms in total. The van der Waals surface area contributed by atoms with E-state index in [-0.39, 0.29) is 11.5 Å². The van der Waals surface area contributed by atoms with Crippen molar-refractivity contribution in [1.29, 1.82) is 0 Å². The maximum Gasteiger partial charge on any atom is 0.255 e. The maximum absolute atomic E-state index is 12.9. The molecule has 1 aliphatic rings. The lowest BCUT2D eigenvalue weighted by atomic mass is 9.97. The van der Waals surface area contributed by atoms with E-state index in [1.165, 1.54) is 5.56 Å². The average Bonchev–Trinajstić information content (AvgIpc) is 2.89. The highest BCUT2D eigenvalue weighted by Gasteiger charge is 2.18. The van der Waals surface area contributed by atoms with Gasteiger partial charge in [0.05, 0.1) is 24.4 Å². The number of aryl methyl sites for hydroxylation is 1. The van der Waals surface area contributed by atoms with E-state index in [1.807, 2.05) is 63.2 Å². The van der Waals surface area contributed by atoms with Gasteiger partial charge in [0.2, 0.25) is 0 Å². The normalized spacial score (nSPS) is 14.3. The van der Waals surface area contributed by atoms with E-state index in [0.29, 0.717) is 36.9 Å². The van der Waals surface area contributed by atoms with Gasteiger partial charge < -0.3 is 19.5 Å². The molecule has 1 fully saturated rings. The molecule has 1 N–H and O–H groups in total. The average molecular weight is 464 g/mol. The van der Waals surface area contributed by atoms with Crippen molar-refractivity contribution in [1.82, 2.24) is 4.57 Å². The molecule has 34 heavy (non-hydrogen) atoms. The van der Waals surface area contributed by atoms with E-state index in [4.69, 9.17) is 4.74 Å². The number of fused-ring (bicyclic) bond motifs is 1. The number of amides is 1. The number of morpholine rings is 1. The Morgan fingerprint density at radius 3 is 2.32 bits per heavy atom. The predicted molar refractivity (Wildman–Crippen MR) is 141 cm³/mol. The Labute approximate surface area is 202 Å².